The second-order valence-electron chi connectivity index (χ2n) is 12.8. The van der Waals surface area contributed by atoms with E-state index in [2.05, 4.69) is 47.0 Å². The highest BCUT2D eigenvalue weighted by molar-refractivity contribution is 8.01. The maximum atomic E-state index is 14.3. The Hall–Kier alpha value is -5.77. The molecule has 0 aliphatic rings. The molecule has 0 radical (unpaired) electrons. The molecule has 6 rings (SSSR count). The lowest BCUT2D eigenvalue weighted by Gasteiger charge is -2.37. The van der Waals surface area contributed by atoms with Gasteiger partial charge in [-0.05, 0) is 33.4 Å². The van der Waals surface area contributed by atoms with Crippen molar-refractivity contribution in [2.24, 2.45) is 5.73 Å². The summed E-state index contributed by atoms with van der Waals surface area (Å²) in [6.45, 7) is 0. The monoisotopic (exact) mass is 765 g/mol. The summed E-state index contributed by atoms with van der Waals surface area (Å²) in [5, 5.41) is 5.66. The van der Waals surface area contributed by atoms with Gasteiger partial charge >= 0.3 is 6.09 Å². The third kappa shape index (κ3) is 8.80. The van der Waals surface area contributed by atoms with Gasteiger partial charge in [0.25, 0.3) is 5.91 Å². The van der Waals surface area contributed by atoms with Gasteiger partial charge in [-0.25, -0.2) is 4.79 Å². The van der Waals surface area contributed by atoms with Gasteiger partial charge in [0, 0.05) is 18.6 Å². The van der Waals surface area contributed by atoms with Crippen molar-refractivity contribution < 1.29 is 19.1 Å². The van der Waals surface area contributed by atoms with Crippen LogP contribution in [0.1, 0.15) is 33.4 Å². The standard InChI is InChI=1S/C46H43N3O4S2/c1-48-42(50)40(32-54-45(34-20-8-2-9-21-34,35-22-10-3-11-23-35)36-24-12-4-13-25-36)49-43(51)41(53-44(47)52)33-55-46(37-26-14-5-15-27-37,38-28-16-6-17-29-38)39-30-18-7-19-31-39/h2-31,40-41H,32-33H2,1H3,(H2,47,52)(H,48,50)(H,49,51)/t40-,41-/m0/s1. The largest absolute Gasteiger partial charge is 0.435 e. The zero-order chi connectivity index (χ0) is 38.5. The number of benzene rings is 6. The molecule has 0 unspecified atom stereocenters. The fourth-order valence-electron chi connectivity index (χ4n) is 6.87. The number of nitrogens with two attached hydrogens (primary N) is 1. The van der Waals surface area contributed by atoms with Gasteiger partial charge in [-0.15, -0.1) is 23.5 Å². The van der Waals surface area contributed by atoms with Crippen LogP contribution >= 0.6 is 23.5 Å². The number of thioether (sulfide) groups is 2. The number of rotatable bonds is 16. The molecule has 0 aliphatic carbocycles. The van der Waals surface area contributed by atoms with Crippen molar-refractivity contribution in [1.82, 2.24) is 10.6 Å². The normalized spacial score (nSPS) is 12.5. The van der Waals surface area contributed by atoms with Gasteiger partial charge in [-0.1, -0.05) is 182 Å². The quantitative estimate of drug-likeness (QED) is 0.0859. The van der Waals surface area contributed by atoms with Crippen LogP contribution in [-0.4, -0.2) is 48.6 Å². The SMILES string of the molecule is CNC(=O)[C@H](CSC(c1ccccc1)(c1ccccc1)c1ccccc1)NC(=O)[C@H](CSC(c1ccccc1)(c1ccccc1)c1ccccc1)OC(N)=O. The Balaban J connectivity index is 1.34. The minimum absolute atomic E-state index is 0.0308. The number of likely N-dealkylation sites (N-methyl/N-ethyl adjacent to an activating group) is 1. The van der Waals surface area contributed by atoms with E-state index >= 15 is 0 Å². The number of ether oxygens (including phenoxy) is 1. The molecule has 3 amide bonds. The van der Waals surface area contributed by atoms with E-state index in [0.29, 0.717) is 0 Å². The number of carbonyl (C=O) groups is 3. The Morgan fingerprint density at radius 3 is 1.07 bits per heavy atom. The van der Waals surface area contributed by atoms with Crippen molar-refractivity contribution in [1.29, 1.82) is 0 Å². The molecule has 2 atom stereocenters. The topological polar surface area (TPSA) is 111 Å². The van der Waals surface area contributed by atoms with Gasteiger partial charge in [0.15, 0.2) is 6.10 Å². The number of nitrogens with one attached hydrogen (secondary N) is 2. The summed E-state index contributed by atoms with van der Waals surface area (Å²) in [4.78, 5) is 40.3. The minimum Gasteiger partial charge on any atom is -0.435 e. The molecular weight excluding hydrogens is 723 g/mol. The third-order valence-electron chi connectivity index (χ3n) is 9.43. The summed E-state index contributed by atoms with van der Waals surface area (Å²) in [5.41, 5.74) is 11.6. The Bertz CT molecular complexity index is 1930. The average molecular weight is 766 g/mol. The van der Waals surface area contributed by atoms with Crippen LogP contribution in [0.5, 0.6) is 0 Å². The molecular formula is C46H43N3O4S2. The zero-order valence-corrected chi connectivity index (χ0v) is 32.0. The van der Waals surface area contributed by atoms with Gasteiger partial charge in [0.2, 0.25) is 5.91 Å². The van der Waals surface area contributed by atoms with Gasteiger partial charge in [-0.2, -0.15) is 0 Å². The first-order valence-electron chi connectivity index (χ1n) is 18.0. The summed E-state index contributed by atoms with van der Waals surface area (Å²) >= 11 is 3.00. The summed E-state index contributed by atoms with van der Waals surface area (Å²) in [6, 6.07) is 59.4. The Morgan fingerprint density at radius 1 is 0.509 bits per heavy atom. The molecule has 7 nitrogen and oxygen atoms in total. The van der Waals surface area contributed by atoms with Crippen LogP contribution in [0, 0.1) is 0 Å². The predicted octanol–water partition coefficient (Wildman–Crippen LogP) is 8.13. The van der Waals surface area contributed by atoms with Crippen LogP contribution in [-0.2, 0) is 23.8 Å². The average Bonchev–Trinajstić information content (AvgIpc) is 3.25. The van der Waals surface area contributed by atoms with E-state index in [4.69, 9.17) is 10.5 Å². The molecule has 0 heterocycles. The highest BCUT2D eigenvalue weighted by Crippen LogP contribution is 2.50. The molecule has 0 bridgehead atoms. The summed E-state index contributed by atoms with van der Waals surface area (Å²) in [5.74, 6) is -0.805. The molecule has 9 heteroatoms. The van der Waals surface area contributed by atoms with E-state index in [1.165, 1.54) is 18.8 Å². The molecule has 0 saturated carbocycles. The van der Waals surface area contributed by atoms with Crippen LogP contribution in [0.15, 0.2) is 182 Å². The molecule has 0 aromatic heterocycles. The van der Waals surface area contributed by atoms with Crippen molar-refractivity contribution in [3.05, 3.63) is 215 Å². The number of carbonyl (C=O) groups excluding carboxylic acids is 3. The zero-order valence-electron chi connectivity index (χ0n) is 30.4. The van der Waals surface area contributed by atoms with E-state index in [1.54, 1.807) is 11.8 Å². The molecule has 55 heavy (non-hydrogen) atoms. The number of hydrogen-bond acceptors (Lipinski definition) is 6. The molecule has 278 valence electrons. The summed E-state index contributed by atoms with van der Waals surface area (Å²) < 4.78 is 4.02. The van der Waals surface area contributed by atoms with Gasteiger partial charge in [-0.3, -0.25) is 9.59 Å². The molecule has 6 aromatic carbocycles. The lowest BCUT2D eigenvalue weighted by Crippen LogP contribution is -2.52. The fraction of sp³-hybridized carbons (Fsp3) is 0.152. The second kappa shape index (κ2) is 18.5. The molecule has 0 spiro atoms. The lowest BCUT2D eigenvalue weighted by atomic mass is 9.84. The first-order valence-corrected chi connectivity index (χ1v) is 19.9. The summed E-state index contributed by atoms with van der Waals surface area (Å²) in [7, 11) is 1.53. The fourth-order valence-corrected chi connectivity index (χ4v) is 9.96. The lowest BCUT2D eigenvalue weighted by molar-refractivity contribution is -0.132. The van der Waals surface area contributed by atoms with Gasteiger partial charge in [0.1, 0.15) is 6.04 Å². The Kier molecular flexibility index (Phi) is 13.1. The number of amides is 3. The van der Waals surface area contributed by atoms with Crippen molar-refractivity contribution in [2.45, 2.75) is 21.6 Å². The van der Waals surface area contributed by atoms with Crippen molar-refractivity contribution in [3.63, 3.8) is 0 Å². The van der Waals surface area contributed by atoms with E-state index in [0.717, 1.165) is 33.4 Å². The highest BCUT2D eigenvalue weighted by Gasteiger charge is 2.41. The van der Waals surface area contributed by atoms with Crippen LogP contribution in [0.25, 0.3) is 0 Å². The van der Waals surface area contributed by atoms with Crippen LogP contribution in [0.4, 0.5) is 4.79 Å². The Morgan fingerprint density at radius 2 is 0.800 bits per heavy atom. The van der Waals surface area contributed by atoms with Gasteiger partial charge in [0.05, 0.1) is 9.49 Å². The number of primary amides is 1. The molecule has 4 N–H and O–H groups in total. The smallest absolute Gasteiger partial charge is 0.405 e. The number of hydrogen-bond donors (Lipinski definition) is 3. The highest BCUT2D eigenvalue weighted by atomic mass is 32.2. The van der Waals surface area contributed by atoms with E-state index in [-0.39, 0.29) is 17.4 Å². The van der Waals surface area contributed by atoms with E-state index in [1.807, 2.05) is 146 Å². The van der Waals surface area contributed by atoms with Crippen LogP contribution in [0.2, 0.25) is 0 Å². The molecule has 0 saturated heterocycles. The minimum atomic E-state index is -1.32. The van der Waals surface area contributed by atoms with E-state index in [9.17, 15) is 14.4 Å². The molecule has 0 aliphatic heterocycles. The maximum Gasteiger partial charge on any atom is 0.405 e. The molecule has 0 fully saturated rings. The van der Waals surface area contributed by atoms with Crippen molar-refractivity contribution in [3.8, 4) is 0 Å². The van der Waals surface area contributed by atoms with Crippen LogP contribution in [0.3, 0.4) is 0 Å². The van der Waals surface area contributed by atoms with Crippen molar-refractivity contribution >= 4 is 41.4 Å². The maximum absolute atomic E-state index is 14.3. The van der Waals surface area contributed by atoms with Crippen molar-refractivity contribution in [2.75, 3.05) is 18.6 Å². The third-order valence-corrected chi connectivity index (χ3v) is 12.7. The van der Waals surface area contributed by atoms with Gasteiger partial charge < -0.3 is 21.1 Å². The van der Waals surface area contributed by atoms with Crippen LogP contribution < -0.4 is 16.4 Å². The van der Waals surface area contributed by atoms with E-state index < -0.39 is 33.6 Å². The first-order chi connectivity index (χ1) is 26.9. The molecule has 6 aromatic rings. The Labute approximate surface area is 331 Å². The summed E-state index contributed by atoms with van der Waals surface area (Å²) in [6.07, 6.45) is -2.41. The predicted molar refractivity (Wildman–Crippen MR) is 224 cm³/mol. The first kappa shape index (κ1) is 38.9. The second-order valence-corrected chi connectivity index (χ2v) is 15.3.